The zero-order valence-electron chi connectivity index (χ0n) is 16.4. The van der Waals surface area contributed by atoms with Gasteiger partial charge in [-0.3, -0.25) is 4.79 Å². The predicted molar refractivity (Wildman–Crippen MR) is 109 cm³/mol. The monoisotopic (exact) mass is 405 g/mol. The summed E-state index contributed by atoms with van der Waals surface area (Å²) >= 11 is 0. The van der Waals surface area contributed by atoms with Crippen molar-refractivity contribution >= 4 is 11.7 Å². The number of hydrogen-bond acceptors (Lipinski definition) is 5. The molecule has 152 valence electrons. The van der Waals surface area contributed by atoms with Crippen LogP contribution in [0.25, 0.3) is 11.4 Å². The summed E-state index contributed by atoms with van der Waals surface area (Å²) in [6.45, 7) is 2.45. The Morgan fingerprint density at radius 2 is 1.90 bits per heavy atom. The molecule has 2 aromatic heterocycles. The molecule has 0 saturated heterocycles. The van der Waals surface area contributed by atoms with Crippen molar-refractivity contribution in [1.29, 1.82) is 0 Å². The van der Waals surface area contributed by atoms with Crippen molar-refractivity contribution in [3.05, 3.63) is 83.6 Å². The van der Waals surface area contributed by atoms with E-state index in [4.69, 9.17) is 4.52 Å². The highest BCUT2D eigenvalue weighted by Crippen LogP contribution is 2.17. The molecule has 0 aliphatic rings. The highest BCUT2D eigenvalue weighted by molar-refractivity contribution is 5.90. The van der Waals surface area contributed by atoms with Crippen molar-refractivity contribution in [3.63, 3.8) is 0 Å². The summed E-state index contributed by atoms with van der Waals surface area (Å²) in [7, 11) is 0. The number of carbonyl (C=O) groups is 1. The number of hydrogen-bond donors (Lipinski definition) is 1. The summed E-state index contributed by atoms with van der Waals surface area (Å²) in [6.07, 6.45) is 0.479. The topological polar surface area (TPSA) is 85.8 Å². The van der Waals surface area contributed by atoms with Crippen LogP contribution in [-0.2, 0) is 17.8 Å². The summed E-state index contributed by atoms with van der Waals surface area (Å²) < 4.78 is 20.0. The second-order valence-corrected chi connectivity index (χ2v) is 6.88. The van der Waals surface area contributed by atoms with Crippen molar-refractivity contribution in [3.8, 4) is 11.4 Å². The number of aryl methyl sites for hydroxylation is 2. The third-order valence-electron chi connectivity index (χ3n) is 4.48. The van der Waals surface area contributed by atoms with Crippen LogP contribution in [0.5, 0.6) is 0 Å². The Hall–Kier alpha value is -3.81. The van der Waals surface area contributed by atoms with Crippen LogP contribution < -0.4 is 5.32 Å². The van der Waals surface area contributed by atoms with Crippen LogP contribution in [-0.4, -0.2) is 25.8 Å². The number of benzene rings is 2. The van der Waals surface area contributed by atoms with E-state index < -0.39 is 0 Å². The largest absolute Gasteiger partial charge is 0.339 e. The highest BCUT2D eigenvalue weighted by atomic mass is 19.1. The smallest absolute Gasteiger partial charge is 0.227 e. The van der Waals surface area contributed by atoms with Gasteiger partial charge in [0.2, 0.25) is 17.6 Å². The van der Waals surface area contributed by atoms with E-state index in [-0.39, 0.29) is 18.1 Å². The van der Waals surface area contributed by atoms with E-state index in [1.165, 1.54) is 12.1 Å². The molecule has 0 fully saturated rings. The Balaban J connectivity index is 1.36. The fourth-order valence-corrected chi connectivity index (χ4v) is 3.02. The maximum Gasteiger partial charge on any atom is 0.227 e. The molecule has 0 atom stereocenters. The number of halogens is 1. The summed E-state index contributed by atoms with van der Waals surface area (Å²) in [4.78, 5) is 16.7. The second kappa shape index (κ2) is 8.69. The van der Waals surface area contributed by atoms with E-state index in [0.717, 1.165) is 11.3 Å². The van der Waals surface area contributed by atoms with Gasteiger partial charge in [0.1, 0.15) is 11.6 Å². The van der Waals surface area contributed by atoms with Crippen molar-refractivity contribution in [2.45, 2.75) is 26.3 Å². The van der Waals surface area contributed by atoms with Crippen LogP contribution in [0.2, 0.25) is 0 Å². The molecule has 0 saturated carbocycles. The van der Waals surface area contributed by atoms with E-state index >= 15 is 0 Å². The maximum absolute atomic E-state index is 13.0. The third kappa shape index (κ3) is 4.78. The van der Waals surface area contributed by atoms with Crippen molar-refractivity contribution < 1.29 is 13.7 Å². The Bertz CT molecular complexity index is 1140. The molecule has 0 bridgehead atoms. The average Bonchev–Trinajstić information content (AvgIpc) is 3.34. The standard InChI is InChI=1S/C22H20FN5O2/c1-15-13-19(28(26-15)14-16-5-3-2-4-6-16)24-20(29)11-12-21-25-22(27-30-21)17-7-9-18(23)10-8-17/h2-10,13H,11-12,14H2,1H3,(H,24,29). The van der Waals surface area contributed by atoms with Crippen LogP contribution in [0.3, 0.4) is 0 Å². The minimum atomic E-state index is -0.333. The van der Waals surface area contributed by atoms with E-state index in [1.54, 1.807) is 16.8 Å². The van der Waals surface area contributed by atoms with Gasteiger partial charge in [0.25, 0.3) is 0 Å². The van der Waals surface area contributed by atoms with Crippen molar-refractivity contribution in [2.24, 2.45) is 0 Å². The first kappa shape index (κ1) is 19.5. The summed E-state index contributed by atoms with van der Waals surface area (Å²) in [6, 6.07) is 17.6. The minimum Gasteiger partial charge on any atom is -0.339 e. The number of aromatic nitrogens is 4. The Kier molecular flexibility index (Phi) is 5.65. The zero-order chi connectivity index (χ0) is 20.9. The molecular weight excluding hydrogens is 385 g/mol. The lowest BCUT2D eigenvalue weighted by molar-refractivity contribution is -0.116. The van der Waals surface area contributed by atoms with Crippen molar-refractivity contribution in [2.75, 3.05) is 5.32 Å². The van der Waals surface area contributed by atoms with Gasteiger partial charge in [-0.05, 0) is 36.8 Å². The lowest BCUT2D eigenvalue weighted by Crippen LogP contribution is -2.16. The van der Waals surface area contributed by atoms with Gasteiger partial charge >= 0.3 is 0 Å². The summed E-state index contributed by atoms with van der Waals surface area (Å²) in [5.41, 5.74) is 2.56. The molecule has 0 unspecified atom stereocenters. The minimum absolute atomic E-state index is 0.175. The molecule has 8 heteroatoms. The van der Waals surface area contributed by atoms with Gasteiger partial charge in [-0.1, -0.05) is 35.5 Å². The molecule has 7 nitrogen and oxygen atoms in total. The molecule has 2 heterocycles. The molecule has 0 aliphatic carbocycles. The SMILES string of the molecule is Cc1cc(NC(=O)CCc2nc(-c3ccc(F)cc3)no2)n(Cc2ccccc2)n1. The van der Waals surface area contributed by atoms with Gasteiger partial charge in [-0.15, -0.1) is 0 Å². The third-order valence-corrected chi connectivity index (χ3v) is 4.48. The molecule has 30 heavy (non-hydrogen) atoms. The van der Waals surface area contributed by atoms with E-state index in [9.17, 15) is 9.18 Å². The molecule has 2 aromatic carbocycles. The molecule has 0 aliphatic heterocycles. The maximum atomic E-state index is 13.0. The summed E-state index contributed by atoms with van der Waals surface area (Å²) in [5.74, 6) is 0.839. The molecular formula is C22H20FN5O2. The first-order chi connectivity index (χ1) is 14.6. The van der Waals surface area contributed by atoms with Gasteiger partial charge in [-0.25, -0.2) is 9.07 Å². The van der Waals surface area contributed by atoms with Gasteiger partial charge in [-0.2, -0.15) is 10.1 Å². The van der Waals surface area contributed by atoms with Crippen LogP contribution in [0, 0.1) is 12.7 Å². The first-order valence-electron chi connectivity index (χ1n) is 9.53. The molecule has 4 aromatic rings. The quantitative estimate of drug-likeness (QED) is 0.502. The number of nitrogens with zero attached hydrogens (tertiary/aromatic N) is 4. The number of carbonyl (C=O) groups excluding carboxylic acids is 1. The fourth-order valence-electron chi connectivity index (χ4n) is 3.02. The van der Waals surface area contributed by atoms with E-state index in [0.29, 0.717) is 36.1 Å². The lowest BCUT2D eigenvalue weighted by Gasteiger charge is -2.08. The normalized spacial score (nSPS) is 10.9. The Morgan fingerprint density at radius 1 is 1.13 bits per heavy atom. The van der Waals surface area contributed by atoms with Crippen LogP contribution in [0.4, 0.5) is 10.2 Å². The lowest BCUT2D eigenvalue weighted by atomic mass is 10.2. The Labute approximate surface area is 172 Å². The van der Waals surface area contributed by atoms with Crippen LogP contribution in [0.1, 0.15) is 23.6 Å². The predicted octanol–water partition coefficient (Wildman–Crippen LogP) is 4.00. The second-order valence-electron chi connectivity index (χ2n) is 6.88. The fraction of sp³-hybridized carbons (Fsp3) is 0.182. The molecule has 1 N–H and O–H groups in total. The van der Waals surface area contributed by atoms with Gasteiger partial charge in [0.05, 0.1) is 12.2 Å². The van der Waals surface area contributed by atoms with Gasteiger partial charge in [0, 0.05) is 24.5 Å². The Morgan fingerprint density at radius 3 is 2.67 bits per heavy atom. The summed E-state index contributed by atoms with van der Waals surface area (Å²) in [5, 5.41) is 11.2. The first-order valence-corrected chi connectivity index (χ1v) is 9.53. The molecule has 0 spiro atoms. The number of rotatable bonds is 7. The van der Waals surface area contributed by atoms with Crippen molar-refractivity contribution in [1.82, 2.24) is 19.9 Å². The zero-order valence-corrected chi connectivity index (χ0v) is 16.4. The molecule has 4 rings (SSSR count). The van der Waals surface area contributed by atoms with Crippen LogP contribution in [0.15, 0.2) is 65.2 Å². The number of nitrogens with one attached hydrogen (secondary N) is 1. The van der Waals surface area contributed by atoms with E-state index in [2.05, 4.69) is 20.6 Å². The molecule has 0 radical (unpaired) electrons. The average molecular weight is 405 g/mol. The highest BCUT2D eigenvalue weighted by Gasteiger charge is 2.13. The van der Waals surface area contributed by atoms with Crippen LogP contribution >= 0.6 is 0 Å². The number of anilines is 1. The molecule has 1 amide bonds. The number of amides is 1. The van der Waals surface area contributed by atoms with E-state index in [1.807, 2.05) is 43.3 Å². The van der Waals surface area contributed by atoms with Gasteiger partial charge < -0.3 is 9.84 Å². The van der Waals surface area contributed by atoms with Gasteiger partial charge in [0.15, 0.2) is 0 Å².